The highest BCUT2D eigenvalue weighted by atomic mass is 16.4. The summed E-state index contributed by atoms with van der Waals surface area (Å²) in [5.74, 6) is -1.26. The SMILES string of the molecule is NC(=O)c1ccc(N(CCC(=O)O)CCN2CCCC2)cc1. The molecule has 1 fully saturated rings. The second-order valence-corrected chi connectivity index (χ2v) is 5.59. The number of rotatable bonds is 8. The van der Waals surface area contributed by atoms with Crippen LogP contribution in [-0.4, -0.2) is 54.6 Å². The summed E-state index contributed by atoms with van der Waals surface area (Å²) in [5, 5.41) is 8.91. The number of aliphatic carboxylic acids is 1. The predicted molar refractivity (Wildman–Crippen MR) is 85.1 cm³/mol. The third-order valence-electron chi connectivity index (χ3n) is 4.00. The van der Waals surface area contributed by atoms with E-state index in [1.807, 2.05) is 12.1 Å². The Morgan fingerprint density at radius 3 is 2.32 bits per heavy atom. The molecular formula is C16H23N3O3. The fourth-order valence-electron chi connectivity index (χ4n) is 2.71. The molecule has 120 valence electrons. The van der Waals surface area contributed by atoms with Gasteiger partial charge in [-0.3, -0.25) is 9.59 Å². The summed E-state index contributed by atoms with van der Waals surface area (Å²) in [7, 11) is 0. The summed E-state index contributed by atoms with van der Waals surface area (Å²) in [5.41, 5.74) is 6.62. The topological polar surface area (TPSA) is 86.9 Å². The van der Waals surface area contributed by atoms with Crippen molar-refractivity contribution in [2.24, 2.45) is 5.73 Å². The van der Waals surface area contributed by atoms with Crippen LogP contribution in [0.1, 0.15) is 29.6 Å². The molecule has 6 heteroatoms. The molecule has 0 bridgehead atoms. The molecule has 1 heterocycles. The van der Waals surface area contributed by atoms with Crippen molar-refractivity contribution >= 4 is 17.6 Å². The first-order valence-corrected chi connectivity index (χ1v) is 7.65. The maximum absolute atomic E-state index is 11.1. The van der Waals surface area contributed by atoms with Crippen molar-refractivity contribution in [3.63, 3.8) is 0 Å². The Labute approximate surface area is 130 Å². The minimum atomic E-state index is -0.806. The first kappa shape index (κ1) is 16.3. The van der Waals surface area contributed by atoms with Gasteiger partial charge in [0.25, 0.3) is 0 Å². The van der Waals surface area contributed by atoms with E-state index in [4.69, 9.17) is 10.8 Å². The Bertz CT molecular complexity index is 510. The van der Waals surface area contributed by atoms with E-state index >= 15 is 0 Å². The number of nitrogens with zero attached hydrogens (tertiary/aromatic N) is 2. The van der Waals surface area contributed by atoms with E-state index in [0.717, 1.165) is 31.9 Å². The number of nitrogens with two attached hydrogens (primary N) is 1. The number of anilines is 1. The van der Waals surface area contributed by atoms with Crippen molar-refractivity contribution in [3.05, 3.63) is 29.8 Å². The fourth-order valence-corrected chi connectivity index (χ4v) is 2.71. The summed E-state index contributed by atoms with van der Waals surface area (Å²) in [6.45, 7) is 4.40. The third kappa shape index (κ3) is 4.73. The van der Waals surface area contributed by atoms with E-state index < -0.39 is 11.9 Å². The number of hydrogen-bond acceptors (Lipinski definition) is 4. The number of carbonyl (C=O) groups is 2. The number of benzene rings is 1. The molecule has 0 radical (unpaired) electrons. The van der Waals surface area contributed by atoms with Gasteiger partial charge in [-0.2, -0.15) is 0 Å². The van der Waals surface area contributed by atoms with Gasteiger partial charge in [0.2, 0.25) is 5.91 Å². The molecule has 0 aliphatic carbocycles. The largest absolute Gasteiger partial charge is 0.481 e. The lowest BCUT2D eigenvalue weighted by molar-refractivity contribution is -0.136. The Morgan fingerprint density at radius 1 is 1.14 bits per heavy atom. The van der Waals surface area contributed by atoms with Gasteiger partial charge in [0.05, 0.1) is 6.42 Å². The maximum Gasteiger partial charge on any atom is 0.305 e. The molecule has 0 unspecified atom stereocenters. The highest BCUT2D eigenvalue weighted by Crippen LogP contribution is 2.16. The van der Waals surface area contributed by atoms with Crippen molar-refractivity contribution in [2.45, 2.75) is 19.3 Å². The minimum Gasteiger partial charge on any atom is -0.481 e. The number of hydrogen-bond donors (Lipinski definition) is 2. The maximum atomic E-state index is 11.1. The van der Waals surface area contributed by atoms with Crippen LogP contribution in [0.3, 0.4) is 0 Å². The lowest BCUT2D eigenvalue weighted by Crippen LogP contribution is -2.35. The molecule has 6 nitrogen and oxygen atoms in total. The summed E-state index contributed by atoms with van der Waals surface area (Å²) in [4.78, 5) is 26.4. The van der Waals surface area contributed by atoms with Crippen LogP contribution in [-0.2, 0) is 4.79 Å². The first-order chi connectivity index (χ1) is 10.6. The van der Waals surface area contributed by atoms with Gasteiger partial charge in [-0.05, 0) is 50.2 Å². The molecular weight excluding hydrogens is 282 g/mol. The van der Waals surface area contributed by atoms with Crippen molar-refractivity contribution in [1.82, 2.24) is 4.90 Å². The van der Waals surface area contributed by atoms with Crippen LogP contribution in [0, 0.1) is 0 Å². The molecule has 22 heavy (non-hydrogen) atoms. The van der Waals surface area contributed by atoms with E-state index in [0.29, 0.717) is 12.1 Å². The average Bonchev–Trinajstić information content (AvgIpc) is 3.00. The predicted octanol–water partition coefficient (Wildman–Crippen LogP) is 1.16. The summed E-state index contributed by atoms with van der Waals surface area (Å²) < 4.78 is 0. The second-order valence-electron chi connectivity index (χ2n) is 5.59. The van der Waals surface area contributed by atoms with Gasteiger partial charge < -0.3 is 20.6 Å². The Morgan fingerprint density at radius 2 is 1.77 bits per heavy atom. The Balaban J connectivity index is 2.01. The van der Waals surface area contributed by atoms with Crippen LogP contribution >= 0.6 is 0 Å². The number of likely N-dealkylation sites (tertiary alicyclic amines) is 1. The van der Waals surface area contributed by atoms with Crippen molar-refractivity contribution in [2.75, 3.05) is 37.6 Å². The molecule has 1 aromatic rings. The zero-order valence-electron chi connectivity index (χ0n) is 12.7. The zero-order valence-corrected chi connectivity index (χ0v) is 12.7. The monoisotopic (exact) mass is 305 g/mol. The van der Waals surface area contributed by atoms with Crippen molar-refractivity contribution in [3.8, 4) is 0 Å². The van der Waals surface area contributed by atoms with Gasteiger partial charge >= 0.3 is 5.97 Å². The standard InChI is InChI=1S/C16H23N3O3/c17-16(22)13-3-5-14(6-4-13)19(10-7-15(20)21)12-11-18-8-1-2-9-18/h3-6H,1-2,7-12H2,(H2,17,22)(H,20,21). The van der Waals surface area contributed by atoms with Crippen molar-refractivity contribution in [1.29, 1.82) is 0 Å². The van der Waals surface area contributed by atoms with Gasteiger partial charge in [-0.1, -0.05) is 0 Å². The van der Waals surface area contributed by atoms with Gasteiger partial charge in [0.15, 0.2) is 0 Å². The zero-order chi connectivity index (χ0) is 15.9. The highest BCUT2D eigenvalue weighted by Gasteiger charge is 2.14. The molecule has 3 N–H and O–H groups in total. The number of amides is 1. The third-order valence-corrected chi connectivity index (χ3v) is 4.00. The highest BCUT2D eigenvalue weighted by molar-refractivity contribution is 5.93. The van der Waals surface area contributed by atoms with Gasteiger partial charge in [0.1, 0.15) is 0 Å². The van der Waals surface area contributed by atoms with Gasteiger partial charge in [-0.15, -0.1) is 0 Å². The molecule has 0 spiro atoms. The molecule has 0 aromatic heterocycles. The molecule has 0 atom stereocenters. The molecule has 1 aromatic carbocycles. The Kier molecular flexibility index (Phi) is 5.77. The fraction of sp³-hybridized carbons (Fsp3) is 0.500. The molecule has 0 saturated carbocycles. The van der Waals surface area contributed by atoms with Crippen LogP contribution in [0.4, 0.5) is 5.69 Å². The van der Waals surface area contributed by atoms with E-state index in [9.17, 15) is 9.59 Å². The van der Waals surface area contributed by atoms with Crippen LogP contribution < -0.4 is 10.6 Å². The second kappa shape index (κ2) is 7.79. The molecule has 1 aliphatic rings. The molecule has 2 rings (SSSR count). The summed E-state index contributed by atoms with van der Waals surface area (Å²) in [6.07, 6.45) is 2.57. The molecule has 1 amide bonds. The van der Waals surface area contributed by atoms with Gasteiger partial charge in [0, 0.05) is 30.9 Å². The number of carbonyl (C=O) groups excluding carboxylic acids is 1. The Hall–Kier alpha value is -2.08. The number of primary amides is 1. The first-order valence-electron chi connectivity index (χ1n) is 7.65. The van der Waals surface area contributed by atoms with Crippen LogP contribution in [0.25, 0.3) is 0 Å². The lowest BCUT2D eigenvalue weighted by atomic mass is 10.2. The van der Waals surface area contributed by atoms with Crippen LogP contribution in [0.2, 0.25) is 0 Å². The molecule has 1 saturated heterocycles. The van der Waals surface area contributed by atoms with E-state index in [1.54, 1.807) is 12.1 Å². The normalized spacial score (nSPS) is 14.9. The average molecular weight is 305 g/mol. The van der Waals surface area contributed by atoms with Crippen LogP contribution in [0.15, 0.2) is 24.3 Å². The smallest absolute Gasteiger partial charge is 0.305 e. The van der Waals surface area contributed by atoms with E-state index in [2.05, 4.69) is 9.80 Å². The summed E-state index contributed by atoms with van der Waals surface area (Å²) >= 11 is 0. The molecule has 1 aliphatic heterocycles. The van der Waals surface area contributed by atoms with E-state index in [-0.39, 0.29) is 6.42 Å². The number of carboxylic acid groups (broad SMARTS) is 1. The minimum absolute atomic E-state index is 0.0948. The lowest BCUT2D eigenvalue weighted by Gasteiger charge is -2.27. The quantitative estimate of drug-likeness (QED) is 0.752. The number of carboxylic acids is 1. The van der Waals surface area contributed by atoms with Crippen molar-refractivity contribution < 1.29 is 14.7 Å². The van der Waals surface area contributed by atoms with Crippen LogP contribution in [0.5, 0.6) is 0 Å². The summed E-state index contributed by atoms with van der Waals surface area (Å²) in [6, 6.07) is 7.01. The van der Waals surface area contributed by atoms with Gasteiger partial charge in [-0.25, -0.2) is 0 Å². The van der Waals surface area contributed by atoms with E-state index in [1.165, 1.54) is 12.8 Å².